The van der Waals surface area contributed by atoms with Crippen LogP contribution in [-0.2, 0) is 16.1 Å². The molecule has 156 valence electrons. The van der Waals surface area contributed by atoms with Gasteiger partial charge in [-0.05, 0) is 50.3 Å². The number of halogens is 1. The first-order valence-electron chi connectivity index (χ1n) is 9.61. The maximum Gasteiger partial charge on any atom is 0.336 e. The zero-order chi connectivity index (χ0) is 22.0. The lowest BCUT2D eigenvalue weighted by Gasteiger charge is -2.06. The Labute approximate surface area is 186 Å². The molecule has 0 spiro atoms. The second-order valence-electron chi connectivity index (χ2n) is 7.00. The van der Waals surface area contributed by atoms with Crippen molar-refractivity contribution < 1.29 is 13.9 Å². The summed E-state index contributed by atoms with van der Waals surface area (Å²) < 4.78 is 13.2. The van der Waals surface area contributed by atoms with Crippen LogP contribution >= 0.6 is 15.9 Å². The second kappa shape index (κ2) is 8.73. The number of esters is 1. The second-order valence-corrected chi connectivity index (χ2v) is 7.92. The minimum absolute atomic E-state index is 0.0336. The quantitative estimate of drug-likeness (QED) is 0.226. The fraction of sp³-hybridized carbons (Fsp3) is 0.125. The molecule has 0 radical (unpaired) electrons. The Morgan fingerprint density at radius 1 is 1.16 bits per heavy atom. The predicted molar refractivity (Wildman–Crippen MR) is 122 cm³/mol. The predicted octanol–water partition coefficient (Wildman–Crippen LogP) is 5.11. The van der Waals surface area contributed by atoms with Gasteiger partial charge in [0.05, 0.1) is 11.4 Å². The summed E-state index contributed by atoms with van der Waals surface area (Å²) in [7, 11) is 0. The molecule has 0 bridgehead atoms. The molecule has 2 aromatic heterocycles. The van der Waals surface area contributed by atoms with E-state index in [1.165, 1.54) is 12.1 Å². The van der Waals surface area contributed by atoms with E-state index >= 15 is 0 Å². The third-order valence-corrected chi connectivity index (χ3v) is 5.39. The van der Waals surface area contributed by atoms with E-state index in [9.17, 15) is 9.59 Å². The van der Waals surface area contributed by atoms with E-state index in [4.69, 9.17) is 9.15 Å². The molecule has 0 saturated carbocycles. The minimum Gasteiger partial charge on any atom is -0.458 e. The summed E-state index contributed by atoms with van der Waals surface area (Å²) in [5, 5.41) is 5.29. The van der Waals surface area contributed by atoms with Gasteiger partial charge in [0.15, 0.2) is 0 Å². The summed E-state index contributed by atoms with van der Waals surface area (Å²) >= 11 is 3.35. The third kappa shape index (κ3) is 4.51. The number of hydrogen-bond donors (Lipinski definition) is 0. The van der Waals surface area contributed by atoms with Gasteiger partial charge in [-0.25, -0.2) is 14.3 Å². The van der Waals surface area contributed by atoms with E-state index in [-0.39, 0.29) is 6.61 Å². The van der Waals surface area contributed by atoms with Crippen molar-refractivity contribution in [1.29, 1.82) is 0 Å². The molecule has 2 aromatic carbocycles. The number of aromatic nitrogens is 2. The number of hydrogen-bond acceptors (Lipinski definition) is 5. The van der Waals surface area contributed by atoms with Crippen molar-refractivity contribution in [3.8, 4) is 5.69 Å². The van der Waals surface area contributed by atoms with Crippen LogP contribution in [0.4, 0.5) is 0 Å². The highest BCUT2D eigenvalue weighted by Crippen LogP contribution is 2.22. The summed E-state index contributed by atoms with van der Waals surface area (Å²) in [6, 6.07) is 16.5. The molecule has 7 heteroatoms. The van der Waals surface area contributed by atoms with Crippen molar-refractivity contribution in [2.75, 3.05) is 0 Å². The van der Waals surface area contributed by atoms with Crippen LogP contribution in [0.1, 0.15) is 22.5 Å². The molecular formula is C24H19BrN2O4. The Bertz CT molecular complexity index is 1350. The van der Waals surface area contributed by atoms with Gasteiger partial charge in [-0.15, -0.1) is 0 Å². The number of ether oxygens (including phenoxy) is 1. The van der Waals surface area contributed by atoms with Crippen LogP contribution < -0.4 is 5.63 Å². The molecule has 4 aromatic rings. The molecule has 0 fully saturated rings. The fourth-order valence-corrected chi connectivity index (χ4v) is 3.73. The Morgan fingerprint density at radius 3 is 2.71 bits per heavy atom. The maximum absolute atomic E-state index is 12.3. The number of nitrogens with zero attached hydrogens (tertiary/aromatic N) is 2. The number of para-hydroxylation sites is 1. The van der Waals surface area contributed by atoms with Crippen LogP contribution in [0.2, 0.25) is 0 Å². The molecule has 0 unspecified atom stereocenters. The van der Waals surface area contributed by atoms with E-state index in [0.717, 1.165) is 32.5 Å². The van der Waals surface area contributed by atoms with Crippen LogP contribution in [0, 0.1) is 13.8 Å². The highest BCUT2D eigenvalue weighted by molar-refractivity contribution is 9.10. The highest BCUT2D eigenvalue weighted by atomic mass is 79.9. The normalized spacial score (nSPS) is 11.3. The number of fused-ring (bicyclic) bond motifs is 1. The van der Waals surface area contributed by atoms with Gasteiger partial charge in [0.1, 0.15) is 12.2 Å². The molecule has 0 N–H and O–H groups in total. The van der Waals surface area contributed by atoms with E-state index in [0.29, 0.717) is 11.1 Å². The lowest BCUT2D eigenvalue weighted by molar-refractivity contribution is -0.138. The van der Waals surface area contributed by atoms with Gasteiger partial charge in [-0.1, -0.05) is 34.1 Å². The molecule has 0 saturated heterocycles. The van der Waals surface area contributed by atoms with E-state index in [1.807, 2.05) is 61.0 Å². The third-order valence-electron chi connectivity index (χ3n) is 4.90. The average molecular weight is 479 g/mol. The first-order valence-corrected chi connectivity index (χ1v) is 10.4. The number of carbonyl (C=O) groups is 1. The Balaban J connectivity index is 1.51. The van der Waals surface area contributed by atoms with Gasteiger partial charge >= 0.3 is 11.6 Å². The lowest BCUT2D eigenvalue weighted by Crippen LogP contribution is -2.05. The molecule has 0 atom stereocenters. The Morgan fingerprint density at radius 2 is 1.94 bits per heavy atom. The standard InChI is InChI=1S/C24H19BrN2O4/c1-15-20(16(2)27(26-15)19-6-4-3-5-7-19)10-11-23(28)30-14-17-12-24(29)31-22-13-18(25)8-9-21(17)22/h3-13H,14H2,1-2H3/b11-10+. The summed E-state index contributed by atoms with van der Waals surface area (Å²) in [5.74, 6) is -0.509. The van der Waals surface area contributed by atoms with Crippen LogP contribution in [0.25, 0.3) is 22.7 Å². The SMILES string of the molecule is Cc1nn(-c2ccccc2)c(C)c1/C=C/C(=O)OCc1cc(=O)oc2cc(Br)ccc12. The number of benzene rings is 2. The van der Waals surface area contributed by atoms with Crippen molar-refractivity contribution in [3.05, 3.63) is 98.1 Å². The topological polar surface area (TPSA) is 74.3 Å². The van der Waals surface area contributed by atoms with Gasteiger partial charge < -0.3 is 9.15 Å². The molecular weight excluding hydrogens is 460 g/mol. The van der Waals surface area contributed by atoms with Crippen molar-refractivity contribution in [2.24, 2.45) is 0 Å². The molecule has 0 aliphatic rings. The van der Waals surface area contributed by atoms with E-state index in [2.05, 4.69) is 21.0 Å². The Kier molecular flexibility index (Phi) is 5.86. The smallest absolute Gasteiger partial charge is 0.336 e. The zero-order valence-corrected chi connectivity index (χ0v) is 18.5. The zero-order valence-electron chi connectivity index (χ0n) is 17.0. The van der Waals surface area contributed by atoms with Crippen molar-refractivity contribution in [3.63, 3.8) is 0 Å². The Hall–Kier alpha value is -3.45. The van der Waals surface area contributed by atoms with Gasteiger partial charge in [-0.3, -0.25) is 0 Å². The molecule has 6 nitrogen and oxygen atoms in total. The van der Waals surface area contributed by atoms with Gasteiger partial charge in [0, 0.05) is 38.8 Å². The first kappa shape index (κ1) is 20.8. The summed E-state index contributed by atoms with van der Waals surface area (Å²) in [4.78, 5) is 24.1. The van der Waals surface area contributed by atoms with Crippen molar-refractivity contribution in [1.82, 2.24) is 9.78 Å². The summed E-state index contributed by atoms with van der Waals surface area (Å²) in [5.41, 5.74) is 4.07. The largest absolute Gasteiger partial charge is 0.458 e. The van der Waals surface area contributed by atoms with Crippen molar-refractivity contribution in [2.45, 2.75) is 20.5 Å². The maximum atomic E-state index is 12.3. The molecule has 4 rings (SSSR count). The van der Waals surface area contributed by atoms with Crippen LogP contribution in [0.15, 0.2) is 74.4 Å². The monoisotopic (exact) mass is 478 g/mol. The number of carbonyl (C=O) groups excluding carboxylic acids is 1. The fourth-order valence-electron chi connectivity index (χ4n) is 3.39. The van der Waals surface area contributed by atoms with Gasteiger partial charge in [-0.2, -0.15) is 5.10 Å². The molecule has 2 heterocycles. The van der Waals surface area contributed by atoms with E-state index < -0.39 is 11.6 Å². The summed E-state index contributed by atoms with van der Waals surface area (Å²) in [6.45, 7) is 3.81. The minimum atomic E-state index is -0.509. The molecule has 31 heavy (non-hydrogen) atoms. The lowest BCUT2D eigenvalue weighted by atomic mass is 10.1. The first-order chi connectivity index (χ1) is 14.9. The van der Waals surface area contributed by atoms with Crippen LogP contribution in [-0.4, -0.2) is 15.7 Å². The highest BCUT2D eigenvalue weighted by Gasteiger charge is 2.12. The summed E-state index contributed by atoms with van der Waals surface area (Å²) in [6.07, 6.45) is 3.07. The molecule has 0 amide bonds. The van der Waals surface area contributed by atoms with Gasteiger partial charge in [0.2, 0.25) is 0 Å². The number of rotatable bonds is 5. The molecule has 0 aliphatic carbocycles. The van der Waals surface area contributed by atoms with Crippen molar-refractivity contribution >= 4 is 38.9 Å². The van der Waals surface area contributed by atoms with Crippen LogP contribution in [0.5, 0.6) is 0 Å². The number of aryl methyl sites for hydroxylation is 1. The van der Waals surface area contributed by atoms with Gasteiger partial charge in [0.25, 0.3) is 0 Å². The molecule has 0 aliphatic heterocycles. The van der Waals surface area contributed by atoms with E-state index in [1.54, 1.807) is 12.1 Å². The average Bonchev–Trinajstić information content (AvgIpc) is 3.04. The van der Waals surface area contributed by atoms with Crippen LogP contribution in [0.3, 0.4) is 0 Å².